The highest BCUT2D eigenvalue weighted by Gasteiger charge is 2.41. The quantitative estimate of drug-likeness (QED) is 0.455. The fourth-order valence-corrected chi connectivity index (χ4v) is 5.09. The van der Waals surface area contributed by atoms with E-state index in [1.165, 1.54) is 14.2 Å². The van der Waals surface area contributed by atoms with E-state index in [4.69, 9.17) is 14.3 Å². The third kappa shape index (κ3) is 2.71. The number of hydrogen-bond donors (Lipinski definition) is 2. The molecular formula is C16H17NO6S2. The van der Waals surface area contributed by atoms with Crippen molar-refractivity contribution in [1.82, 2.24) is 0 Å². The summed E-state index contributed by atoms with van der Waals surface area (Å²) < 4.78 is 10.9. The fourth-order valence-electron chi connectivity index (χ4n) is 2.48. The van der Waals surface area contributed by atoms with Gasteiger partial charge >= 0.3 is 5.97 Å². The van der Waals surface area contributed by atoms with Crippen LogP contribution in [0.4, 0.5) is 0 Å². The first-order chi connectivity index (χ1) is 11.7. The van der Waals surface area contributed by atoms with Crippen molar-refractivity contribution in [3.63, 3.8) is 0 Å². The lowest BCUT2D eigenvalue weighted by molar-refractivity contribution is -0.136. The van der Waals surface area contributed by atoms with Crippen molar-refractivity contribution >= 4 is 35.2 Å². The zero-order chi connectivity index (χ0) is 18.5. The molecule has 3 rings (SSSR count). The highest BCUT2D eigenvalue weighted by atomic mass is 32.2. The number of carbonyl (C=O) groups is 1. The van der Waals surface area contributed by atoms with E-state index in [0.717, 1.165) is 23.5 Å². The Kier molecular flexibility index (Phi) is 4.32. The largest absolute Gasteiger partial charge is 0.503 e. The molecule has 2 aliphatic heterocycles. The molecule has 2 N–H and O–H groups in total. The van der Waals surface area contributed by atoms with Gasteiger partial charge in [-0.15, -0.1) is 0 Å². The number of hydrogen-bond acceptors (Lipinski definition) is 9. The Morgan fingerprint density at radius 2 is 1.48 bits per heavy atom. The number of oxime groups is 1. The Hall–Kier alpha value is -2.00. The van der Waals surface area contributed by atoms with Crippen LogP contribution in [0.5, 0.6) is 23.0 Å². The number of phenols is 2. The maximum Gasteiger partial charge on any atom is 0.369 e. The van der Waals surface area contributed by atoms with Gasteiger partial charge in [0.05, 0.1) is 28.2 Å². The fraction of sp³-hybridized carbons (Fsp3) is 0.375. The van der Waals surface area contributed by atoms with E-state index in [1.807, 2.05) is 20.8 Å². The lowest BCUT2D eigenvalue weighted by atomic mass is 9.86. The summed E-state index contributed by atoms with van der Waals surface area (Å²) in [4.78, 5) is 17.8. The maximum atomic E-state index is 12.2. The first-order valence-electron chi connectivity index (χ1n) is 7.30. The van der Waals surface area contributed by atoms with Crippen molar-refractivity contribution in [3.05, 3.63) is 9.81 Å². The minimum absolute atomic E-state index is 0.0387. The standard InChI is InChI=1S/C16H17NO6S2/c1-16(2,3)13-6(14(20)23-17-13)15-24-11-7(18)9(21-4)10(22-5)8(19)12(11)25-15/h18-19H,1-5H3. The molecule has 0 bridgehead atoms. The molecule has 0 fully saturated rings. The zero-order valence-corrected chi connectivity index (χ0v) is 15.9. The van der Waals surface area contributed by atoms with E-state index in [1.54, 1.807) is 0 Å². The van der Waals surface area contributed by atoms with Crippen LogP contribution in [0.2, 0.25) is 0 Å². The average molecular weight is 383 g/mol. The van der Waals surface area contributed by atoms with Crippen LogP contribution in [0.3, 0.4) is 0 Å². The van der Waals surface area contributed by atoms with Crippen LogP contribution in [-0.4, -0.2) is 36.1 Å². The summed E-state index contributed by atoms with van der Waals surface area (Å²) in [6.45, 7) is 5.77. The summed E-state index contributed by atoms with van der Waals surface area (Å²) >= 11 is 2.32. The molecule has 0 spiro atoms. The lowest BCUT2D eigenvalue weighted by Gasteiger charge is -2.17. The van der Waals surface area contributed by atoms with Crippen molar-refractivity contribution in [3.8, 4) is 23.0 Å². The highest BCUT2D eigenvalue weighted by molar-refractivity contribution is 8.25. The van der Waals surface area contributed by atoms with E-state index in [2.05, 4.69) is 5.16 Å². The molecular weight excluding hydrogens is 366 g/mol. The second-order valence-corrected chi connectivity index (χ2v) is 8.66. The summed E-state index contributed by atoms with van der Waals surface area (Å²) in [6.07, 6.45) is 0. The predicted octanol–water partition coefficient (Wildman–Crippen LogP) is 3.48. The maximum absolute atomic E-state index is 12.2. The van der Waals surface area contributed by atoms with Gasteiger partial charge in [-0.3, -0.25) is 0 Å². The molecule has 25 heavy (non-hydrogen) atoms. The smallest absolute Gasteiger partial charge is 0.369 e. The topological polar surface area (TPSA) is 97.6 Å². The van der Waals surface area contributed by atoms with Gasteiger partial charge in [0.15, 0.2) is 11.5 Å². The summed E-state index contributed by atoms with van der Waals surface area (Å²) in [6, 6.07) is 0. The number of nitrogens with zero attached hydrogens (tertiary/aromatic N) is 1. The van der Waals surface area contributed by atoms with Crippen molar-refractivity contribution in [2.75, 3.05) is 14.2 Å². The van der Waals surface area contributed by atoms with Crippen molar-refractivity contribution in [1.29, 1.82) is 0 Å². The van der Waals surface area contributed by atoms with E-state index < -0.39 is 11.4 Å². The van der Waals surface area contributed by atoms with Gasteiger partial charge in [-0.05, 0) is 0 Å². The molecule has 0 saturated carbocycles. The summed E-state index contributed by atoms with van der Waals surface area (Å²) in [7, 11) is 2.74. The predicted molar refractivity (Wildman–Crippen MR) is 94.6 cm³/mol. The van der Waals surface area contributed by atoms with E-state index in [0.29, 0.717) is 25.3 Å². The van der Waals surface area contributed by atoms with Gasteiger partial charge in [-0.1, -0.05) is 49.5 Å². The molecule has 1 aromatic rings. The summed E-state index contributed by atoms with van der Waals surface area (Å²) in [5, 5.41) is 24.9. The van der Waals surface area contributed by atoms with Crippen LogP contribution in [0.25, 0.3) is 0 Å². The highest BCUT2D eigenvalue weighted by Crippen LogP contribution is 2.64. The minimum Gasteiger partial charge on any atom is -0.503 e. The molecule has 0 aromatic heterocycles. The molecule has 2 heterocycles. The second-order valence-electron chi connectivity index (χ2n) is 6.36. The Bertz CT molecular complexity index is 797. The number of phenolic OH excluding ortho intramolecular Hbond substituents is 2. The Morgan fingerprint density at radius 1 is 1.00 bits per heavy atom. The molecule has 0 aliphatic carbocycles. The SMILES string of the molecule is COc1c(O)c2c(c(O)c1OC)SC(=C1C(=O)ON=C1C(C)(C)C)S2. The normalized spacial score (nSPS) is 16.7. The van der Waals surface area contributed by atoms with Crippen molar-refractivity contribution in [2.24, 2.45) is 10.6 Å². The first-order valence-corrected chi connectivity index (χ1v) is 8.94. The molecule has 0 atom stereocenters. The van der Waals surface area contributed by atoms with E-state index >= 15 is 0 Å². The number of rotatable bonds is 2. The van der Waals surface area contributed by atoms with E-state index in [9.17, 15) is 15.0 Å². The number of methoxy groups -OCH3 is 2. The number of carbonyl (C=O) groups excluding carboxylic acids is 1. The Morgan fingerprint density at radius 3 is 1.88 bits per heavy atom. The number of thioether (sulfide) groups is 2. The first kappa shape index (κ1) is 17.8. The Labute approximate surface area is 153 Å². The number of benzene rings is 1. The summed E-state index contributed by atoms with van der Waals surface area (Å²) in [5.41, 5.74) is 0.470. The molecule has 134 valence electrons. The molecule has 9 heteroatoms. The van der Waals surface area contributed by atoms with Crippen LogP contribution in [-0.2, 0) is 9.63 Å². The molecule has 0 amide bonds. The zero-order valence-electron chi connectivity index (χ0n) is 14.3. The van der Waals surface area contributed by atoms with Crippen LogP contribution in [0.15, 0.2) is 24.8 Å². The lowest BCUT2D eigenvalue weighted by Crippen LogP contribution is -2.22. The number of ether oxygens (including phenoxy) is 2. The minimum atomic E-state index is -0.550. The van der Waals surface area contributed by atoms with Gasteiger partial charge in [-0.25, -0.2) is 4.79 Å². The van der Waals surface area contributed by atoms with Gasteiger partial charge < -0.3 is 24.5 Å². The van der Waals surface area contributed by atoms with Crippen LogP contribution < -0.4 is 9.47 Å². The van der Waals surface area contributed by atoms with Gasteiger partial charge in [0, 0.05) is 5.41 Å². The van der Waals surface area contributed by atoms with E-state index in [-0.39, 0.29) is 23.0 Å². The molecule has 0 unspecified atom stereocenters. The van der Waals surface area contributed by atoms with Crippen molar-refractivity contribution in [2.45, 2.75) is 30.6 Å². The van der Waals surface area contributed by atoms with Crippen LogP contribution >= 0.6 is 23.5 Å². The number of aromatic hydroxyl groups is 2. The number of fused-ring (bicyclic) bond motifs is 1. The monoisotopic (exact) mass is 383 g/mol. The molecule has 1 aromatic carbocycles. The Balaban J connectivity index is 2.16. The van der Waals surface area contributed by atoms with Gasteiger partial charge in [0.1, 0.15) is 11.3 Å². The average Bonchev–Trinajstić information content (AvgIpc) is 3.13. The van der Waals surface area contributed by atoms with Crippen LogP contribution in [0.1, 0.15) is 20.8 Å². The molecule has 7 nitrogen and oxygen atoms in total. The second kappa shape index (κ2) is 6.06. The van der Waals surface area contributed by atoms with Gasteiger partial charge in [0.25, 0.3) is 0 Å². The van der Waals surface area contributed by atoms with Gasteiger partial charge in [0.2, 0.25) is 11.5 Å². The molecule has 0 radical (unpaired) electrons. The molecule has 2 aliphatic rings. The van der Waals surface area contributed by atoms with Crippen LogP contribution in [0, 0.1) is 5.41 Å². The third-order valence-electron chi connectivity index (χ3n) is 3.65. The van der Waals surface area contributed by atoms with Gasteiger partial charge in [-0.2, -0.15) is 0 Å². The third-order valence-corrected chi connectivity index (χ3v) is 6.26. The summed E-state index contributed by atoms with van der Waals surface area (Å²) in [5.74, 6) is -0.777. The molecule has 0 saturated heterocycles. The van der Waals surface area contributed by atoms with Crippen molar-refractivity contribution < 1.29 is 29.3 Å².